The van der Waals surface area contributed by atoms with E-state index in [1.54, 1.807) is 11.3 Å². The third-order valence-corrected chi connectivity index (χ3v) is 6.58. The highest BCUT2D eigenvalue weighted by atomic mass is 32.1. The van der Waals surface area contributed by atoms with E-state index in [1.807, 2.05) is 48.7 Å². The number of hydrogen-bond acceptors (Lipinski definition) is 4. The zero-order valence-electron chi connectivity index (χ0n) is 19.0. The molecule has 5 rings (SSSR count). The van der Waals surface area contributed by atoms with Crippen LogP contribution in [-0.2, 0) is 4.79 Å². The Hall–Kier alpha value is -3.96. The summed E-state index contributed by atoms with van der Waals surface area (Å²) >= 11 is 1.65. The van der Waals surface area contributed by atoms with Crippen molar-refractivity contribution in [3.8, 4) is 5.75 Å². The first-order valence-electron chi connectivity index (χ1n) is 11.1. The molecule has 0 saturated carbocycles. The van der Waals surface area contributed by atoms with Crippen molar-refractivity contribution in [2.75, 3.05) is 5.32 Å². The van der Waals surface area contributed by atoms with E-state index in [1.165, 1.54) is 18.1 Å². The Morgan fingerprint density at radius 3 is 2.44 bits per heavy atom. The number of amides is 1. The van der Waals surface area contributed by atoms with Crippen LogP contribution in [0.1, 0.15) is 34.4 Å². The molecule has 0 radical (unpaired) electrons. The number of aryl methyl sites for hydroxylation is 1. The van der Waals surface area contributed by atoms with Crippen LogP contribution < -0.4 is 10.1 Å². The second-order valence-corrected chi connectivity index (χ2v) is 9.18. The van der Waals surface area contributed by atoms with Crippen molar-refractivity contribution in [1.29, 1.82) is 0 Å². The highest BCUT2D eigenvalue weighted by Gasteiger charge is 2.31. The Morgan fingerprint density at radius 2 is 1.74 bits per heavy atom. The average molecular weight is 465 g/mol. The van der Waals surface area contributed by atoms with Crippen LogP contribution in [0.15, 0.2) is 101 Å². The van der Waals surface area contributed by atoms with Gasteiger partial charge in [-0.2, -0.15) is 0 Å². The minimum Gasteiger partial charge on any atom is -0.455 e. The van der Waals surface area contributed by atoms with Crippen LogP contribution in [0.4, 0.5) is 11.4 Å². The van der Waals surface area contributed by atoms with Gasteiger partial charge in [0.1, 0.15) is 11.5 Å². The quantitative estimate of drug-likeness (QED) is 0.314. The third kappa shape index (κ3) is 4.56. The molecule has 0 spiro atoms. The lowest BCUT2D eigenvalue weighted by Crippen LogP contribution is -2.17. The van der Waals surface area contributed by atoms with E-state index in [2.05, 4.69) is 60.1 Å². The number of para-hydroxylation sites is 1. The summed E-state index contributed by atoms with van der Waals surface area (Å²) in [5.41, 5.74) is 6.09. The molecule has 1 aliphatic rings. The van der Waals surface area contributed by atoms with E-state index in [4.69, 9.17) is 9.73 Å². The summed E-state index contributed by atoms with van der Waals surface area (Å²) in [5.74, 6) is 1.59. The summed E-state index contributed by atoms with van der Waals surface area (Å²) in [6, 6.07) is 28.5. The number of carbonyl (C=O) groups is 1. The number of nitrogens with one attached hydrogen (secondary N) is 1. The normalized spacial score (nSPS) is 15.2. The molecule has 4 nitrogen and oxygen atoms in total. The molecule has 2 heterocycles. The van der Waals surface area contributed by atoms with E-state index >= 15 is 0 Å². The van der Waals surface area contributed by atoms with Gasteiger partial charge in [-0.25, -0.2) is 0 Å². The number of allylic oxidation sites excluding steroid dienone is 1. The number of rotatable bonds is 5. The fourth-order valence-corrected chi connectivity index (χ4v) is 4.84. The molecular formula is C29H24N2O2S. The fourth-order valence-electron chi connectivity index (χ4n) is 4.11. The van der Waals surface area contributed by atoms with Crippen molar-refractivity contribution < 1.29 is 9.53 Å². The molecule has 4 aromatic rings. The number of aliphatic imine (C=N–C) groups is 1. The molecule has 1 aromatic heterocycles. The zero-order valence-corrected chi connectivity index (χ0v) is 19.8. The summed E-state index contributed by atoms with van der Waals surface area (Å²) < 4.78 is 6.47. The molecule has 0 saturated heterocycles. The molecule has 34 heavy (non-hydrogen) atoms. The van der Waals surface area contributed by atoms with Crippen LogP contribution >= 0.6 is 11.3 Å². The van der Waals surface area contributed by atoms with Gasteiger partial charge in [-0.15, -0.1) is 11.3 Å². The highest BCUT2D eigenvalue weighted by Crippen LogP contribution is 2.45. The lowest BCUT2D eigenvalue weighted by molar-refractivity contribution is -0.114. The highest BCUT2D eigenvalue weighted by molar-refractivity contribution is 7.11. The van der Waals surface area contributed by atoms with Gasteiger partial charge in [0.15, 0.2) is 0 Å². The van der Waals surface area contributed by atoms with Gasteiger partial charge in [0.25, 0.3) is 0 Å². The standard InChI is InChI=1S/C29H24N2O2S/c1-19-9-11-21(12-10-19)28-24-6-3-4-7-26(24)33-29(27-8-5-17-34-27)25(28)18-30-22-13-15-23(16-14-22)31-20(2)32/h3-18,28H,1-2H3,(H,31,32). The van der Waals surface area contributed by atoms with Gasteiger partial charge in [-0.3, -0.25) is 9.79 Å². The van der Waals surface area contributed by atoms with Gasteiger partial charge in [0.2, 0.25) is 5.91 Å². The predicted octanol–water partition coefficient (Wildman–Crippen LogP) is 7.35. The number of benzene rings is 3. The molecule has 5 heteroatoms. The molecule has 0 fully saturated rings. The first-order valence-corrected chi connectivity index (χ1v) is 12.0. The molecular weight excluding hydrogens is 440 g/mol. The van der Waals surface area contributed by atoms with Crippen LogP contribution in [-0.4, -0.2) is 12.1 Å². The molecule has 1 unspecified atom stereocenters. The van der Waals surface area contributed by atoms with Crippen molar-refractivity contribution in [2.45, 2.75) is 19.8 Å². The molecule has 1 amide bonds. The maximum Gasteiger partial charge on any atom is 0.221 e. The molecule has 1 N–H and O–H groups in total. The van der Waals surface area contributed by atoms with E-state index in [9.17, 15) is 4.79 Å². The number of thiophene rings is 1. The maximum absolute atomic E-state index is 11.3. The number of nitrogens with zero attached hydrogens (tertiary/aromatic N) is 1. The molecule has 0 bridgehead atoms. The fraction of sp³-hybridized carbons (Fsp3) is 0.103. The molecule has 1 aliphatic heterocycles. The number of fused-ring (bicyclic) bond motifs is 1. The average Bonchev–Trinajstić information content (AvgIpc) is 3.38. The zero-order chi connectivity index (χ0) is 23.5. The number of carbonyl (C=O) groups excluding carboxylic acids is 1. The molecule has 0 aliphatic carbocycles. The van der Waals surface area contributed by atoms with Crippen molar-refractivity contribution in [3.63, 3.8) is 0 Å². The molecule has 1 atom stereocenters. The summed E-state index contributed by atoms with van der Waals surface area (Å²) in [5, 5.41) is 4.85. The summed E-state index contributed by atoms with van der Waals surface area (Å²) in [4.78, 5) is 17.2. The minimum atomic E-state index is -0.0963. The lowest BCUT2D eigenvalue weighted by atomic mass is 9.82. The van der Waals surface area contributed by atoms with Gasteiger partial charge < -0.3 is 10.1 Å². The number of anilines is 1. The Kier molecular flexibility index (Phi) is 6.11. The van der Waals surface area contributed by atoms with Crippen LogP contribution in [0.2, 0.25) is 0 Å². The number of ether oxygens (including phenoxy) is 1. The van der Waals surface area contributed by atoms with Gasteiger partial charge in [-0.1, -0.05) is 54.1 Å². The second-order valence-electron chi connectivity index (χ2n) is 8.23. The Bertz CT molecular complexity index is 1370. The molecule has 168 valence electrons. The first kappa shape index (κ1) is 21.9. The Morgan fingerprint density at radius 1 is 0.971 bits per heavy atom. The Balaban J connectivity index is 1.62. The maximum atomic E-state index is 11.3. The van der Waals surface area contributed by atoms with Crippen LogP contribution in [0.3, 0.4) is 0 Å². The van der Waals surface area contributed by atoms with Crippen molar-refractivity contribution in [1.82, 2.24) is 0 Å². The SMILES string of the molecule is CC(=O)Nc1ccc(N=CC2=C(c3cccs3)Oc3ccccc3C2c2ccc(C)cc2)cc1. The smallest absolute Gasteiger partial charge is 0.221 e. The van der Waals surface area contributed by atoms with E-state index in [0.29, 0.717) is 0 Å². The van der Waals surface area contributed by atoms with Crippen LogP contribution in [0.25, 0.3) is 5.76 Å². The van der Waals surface area contributed by atoms with Gasteiger partial charge in [-0.05, 0) is 54.3 Å². The summed E-state index contributed by atoms with van der Waals surface area (Å²) in [6.07, 6.45) is 1.92. The van der Waals surface area contributed by atoms with Crippen molar-refractivity contribution >= 4 is 40.6 Å². The first-order chi connectivity index (χ1) is 16.6. The van der Waals surface area contributed by atoms with Gasteiger partial charge in [0, 0.05) is 35.9 Å². The van der Waals surface area contributed by atoms with Gasteiger partial charge in [0.05, 0.1) is 10.6 Å². The summed E-state index contributed by atoms with van der Waals surface area (Å²) in [7, 11) is 0. The topological polar surface area (TPSA) is 50.7 Å². The van der Waals surface area contributed by atoms with E-state index in [0.717, 1.165) is 38.9 Å². The minimum absolute atomic E-state index is 0.00921. The second kappa shape index (κ2) is 9.49. The predicted molar refractivity (Wildman–Crippen MR) is 140 cm³/mol. The third-order valence-electron chi connectivity index (χ3n) is 5.71. The monoisotopic (exact) mass is 464 g/mol. The Labute approximate surface area is 203 Å². The van der Waals surface area contributed by atoms with E-state index in [-0.39, 0.29) is 11.8 Å². The van der Waals surface area contributed by atoms with Crippen molar-refractivity contribution in [3.05, 3.63) is 117 Å². The van der Waals surface area contributed by atoms with Gasteiger partial charge >= 0.3 is 0 Å². The van der Waals surface area contributed by atoms with E-state index < -0.39 is 0 Å². The largest absolute Gasteiger partial charge is 0.455 e. The summed E-state index contributed by atoms with van der Waals surface area (Å²) in [6.45, 7) is 3.60. The molecule has 3 aromatic carbocycles. The van der Waals surface area contributed by atoms with Crippen molar-refractivity contribution in [2.24, 2.45) is 4.99 Å². The van der Waals surface area contributed by atoms with Crippen LogP contribution in [0, 0.1) is 6.92 Å². The van der Waals surface area contributed by atoms with Crippen LogP contribution in [0.5, 0.6) is 5.75 Å². The lowest BCUT2D eigenvalue weighted by Gasteiger charge is -2.29. The number of hydrogen-bond donors (Lipinski definition) is 1.